The third kappa shape index (κ3) is 11.3. The Hall–Kier alpha value is -0.790. The van der Waals surface area contributed by atoms with Crippen LogP contribution in [0.2, 0.25) is 0 Å². The van der Waals surface area contributed by atoms with Crippen LogP contribution in [0.25, 0.3) is 0 Å². The summed E-state index contributed by atoms with van der Waals surface area (Å²) in [6.45, 7) is 4.34. The van der Waals surface area contributed by atoms with Gasteiger partial charge < -0.3 is 4.74 Å². The average Bonchev–Trinajstić information content (AvgIpc) is 2.28. The molecule has 0 heterocycles. The first-order valence-electron chi connectivity index (χ1n) is 6.65. The van der Waals surface area contributed by atoms with Crippen molar-refractivity contribution >= 4 is 5.97 Å². The SMILES string of the molecule is CCCCC=COC(=O)CCCCCCC. The number of rotatable bonds is 10. The topological polar surface area (TPSA) is 26.3 Å². The first-order valence-corrected chi connectivity index (χ1v) is 6.65. The van der Waals surface area contributed by atoms with Crippen LogP contribution in [0, 0.1) is 0 Å². The van der Waals surface area contributed by atoms with Crippen LogP contribution in [0.15, 0.2) is 12.3 Å². The van der Waals surface area contributed by atoms with Gasteiger partial charge in [-0.25, -0.2) is 0 Å². The van der Waals surface area contributed by atoms with Crippen LogP contribution >= 0.6 is 0 Å². The predicted molar refractivity (Wildman–Crippen MR) is 68.1 cm³/mol. The van der Waals surface area contributed by atoms with Crippen LogP contribution in [-0.2, 0) is 9.53 Å². The monoisotopic (exact) mass is 226 g/mol. The zero-order valence-electron chi connectivity index (χ0n) is 10.8. The lowest BCUT2D eigenvalue weighted by molar-refractivity contribution is -0.138. The molecule has 0 spiro atoms. The second-order valence-corrected chi connectivity index (χ2v) is 4.17. The fraction of sp³-hybridized carbons (Fsp3) is 0.786. The van der Waals surface area contributed by atoms with Gasteiger partial charge in [0.25, 0.3) is 0 Å². The maximum Gasteiger partial charge on any atom is 0.310 e. The number of esters is 1. The summed E-state index contributed by atoms with van der Waals surface area (Å²) in [6.07, 6.45) is 13.2. The third-order valence-electron chi connectivity index (χ3n) is 2.50. The molecule has 2 heteroatoms. The van der Waals surface area contributed by atoms with E-state index < -0.39 is 0 Å². The Labute approximate surface area is 100 Å². The number of hydrogen-bond acceptors (Lipinski definition) is 2. The van der Waals surface area contributed by atoms with Gasteiger partial charge in [0.1, 0.15) is 0 Å². The van der Waals surface area contributed by atoms with Crippen LogP contribution in [0.3, 0.4) is 0 Å². The summed E-state index contributed by atoms with van der Waals surface area (Å²) in [5.41, 5.74) is 0. The second kappa shape index (κ2) is 12.3. The molecular weight excluding hydrogens is 200 g/mol. The van der Waals surface area contributed by atoms with E-state index in [2.05, 4.69) is 13.8 Å². The molecule has 94 valence electrons. The van der Waals surface area contributed by atoms with E-state index in [0.29, 0.717) is 6.42 Å². The van der Waals surface area contributed by atoms with Crippen LogP contribution in [0.4, 0.5) is 0 Å². The molecule has 0 radical (unpaired) electrons. The van der Waals surface area contributed by atoms with Crippen LogP contribution in [-0.4, -0.2) is 5.97 Å². The van der Waals surface area contributed by atoms with Crippen molar-refractivity contribution in [3.8, 4) is 0 Å². The highest BCUT2D eigenvalue weighted by atomic mass is 16.5. The van der Waals surface area contributed by atoms with Gasteiger partial charge in [0.2, 0.25) is 0 Å². The van der Waals surface area contributed by atoms with Crippen LogP contribution in [0.5, 0.6) is 0 Å². The summed E-state index contributed by atoms with van der Waals surface area (Å²) in [7, 11) is 0. The van der Waals surface area contributed by atoms with Crippen molar-refractivity contribution in [1.29, 1.82) is 0 Å². The van der Waals surface area contributed by atoms with Crippen LogP contribution in [0.1, 0.15) is 71.6 Å². The van der Waals surface area contributed by atoms with Gasteiger partial charge in [-0.3, -0.25) is 4.79 Å². The van der Waals surface area contributed by atoms with Crippen LogP contribution < -0.4 is 0 Å². The summed E-state index contributed by atoms with van der Waals surface area (Å²) in [5.74, 6) is -0.0933. The Morgan fingerprint density at radius 2 is 1.69 bits per heavy atom. The quantitative estimate of drug-likeness (QED) is 0.309. The molecule has 16 heavy (non-hydrogen) atoms. The van der Waals surface area contributed by atoms with Crippen molar-refractivity contribution in [2.45, 2.75) is 71.6 Å². The van der Waals surface area contributed by atoms with Crippen molar-refractivity contribution in [2.24, 2.45) is 0 Å². The second-order valence-electron chi connectivity index (χ2n) is 4.17. The summed E-state index contributed by atoms with van der Waals surface area (Å²) in [6, 6.07) is 0. The summed E-state index contributed by atoms with van der Waals surface area (Å²) < 4.78 is 4.98. The fourth-order valence-corrected chi connectivity index (χ4v) is 1.45. The number of carbonyl (C=O) groups excluding carboxylic acids is 1. The molecule has 0 fully saturated rings. The molecule has 0 bridgehead atoms. The molecular formula is C14H26O2. The lowest BCUT2D eigenvalue weighted by Gasteiger charge is -1.99. The molecule has 0 aliphatic rings. The summed E-state index contributed by atoms with van der Waals surface area (Å²) in [5, 5.41) is 0. The number of hydrogen-bond donors (Lipinski definition) is 0. The molecule has 0 aliphatic carbocycles. The van der Waals surface area contributed by atoms with Gasteiger partial charge >= 0.3 is 5.97 Å². The third-order valence-corrected chi connectivity index (χ3v) is 2.50. The maximum atomic E-state index is 11.2. The molecule has 0 rings (SSSR count). The van der Waals surface area contributed by atoms with Gasteiger partial charge in [-0.1, -0.05) is 46.0 Å². The fourth-order valence-electron chi connectivity index (χ4n) is 1.45. The van der Waals surface area contributed by atoms with Gasteiger partial charge in [-0.15, -0.1) is 0 Å². The summed E-state index contributed by atoms with van der Waals surface area (Å²) >= 11 is 0. The van der Waals surface area contributed by atoms with Gasteiger partial charge in [0, 0.05) is 6.42 Å². The van der Waals surface area contributed by atoms with E-state index in [4.69, 9.17) is 4.74 Å². The molecule has 0 aromatic carbocycles. The van der Waals surface area contributed by atoms with Crippen molar-refractivity contribution in [1.82, 2.24) is 0 Å². The minimum atomic E-state index is -0.0933. The molecule has 2 nitrogen and oxygen atoms in total. The van der Waals surface area contributed by atoms with E-state index in [-0.39, 0.29) is 5.97 Å². The highest BCUT2D eigenvalue weighted by Gasteiger charge is 1.99. The first kappa shape index (κ1) is 15.2. The average molecular weight is 226 g/mol. The van der Waals surface area contributed by atoms with Gasteiger partial charge in [-0.05, 0) is 25.3 Å². The predicted octanol–water partition coefficient (Wildman–Crippen LogP) is 4.59. The van der Waals surface area contributed by atoms with E-state index in [1.165, 1.54) is 25.7 Å². The van der Waals surface area contributed by atoms with Gasteiger partial charge in [0.15, 0.2) is 0 Å². The van der Waals surface area contributed by atoms with E-state index in [9.17, 15) is 4.79 Å². The van der Waals surface area contributed by atoms with E-state index >= 15 is 0 Å². The van der Waals surface area contributed by atoms with Gasteiger partial charge in [-0.2, -0.15) is 0 Å². The molecule has 0 saturated heterocycles. The molecule has 0 unspecified atom stereocenters. The smallest absolute Gasteiger partial charge is 0.310 e. The lowest BCUT2D eigenvalue weighted by atomic mass is 10.1. The maximum absolute atomic E-state index is 11.2. The highest BCUT2D eigenvalue weighted by Crippen LogP contribution is 2.06. The van der Waals surface area contributed by atoms with E-state index in [0.717, 1.165) is 25.7 Å². The molecule has 0 aromatic rings. The lowest BCUT2D eigenvalue weighted by Crippen LogP contribution is -1.98. The van der Waals surface area contributed by atoms with Crippen molar-refractivity contribution < 1.29 is 9.53 Å². The molecule has 0 N–H and O–H groups in total. The standard InChI is InChI=1S/C14H26O2/c1-3-5-7-9-10-12-14(15)16-13-11-8-6-4-2/h11,13H,3-10,12H2,1-2H3. The Balaban J connectivity index is 3.27. The Bertz CT molecular complexity index is 185. The van der Waals surface area contributed by atoms with Crippen molar-refractivity contribution in [3.63, 3.8) is 0 Å². The number of carbonyl (C=O) groups is 1. The number of unbranched alkanes of at least 4 members (excludes halogenated alkanes) is 6. The van der Waals surface area contributed by atoms with E-state index in [1.807, 2.05) is 6.08 Å². The van der Waals surface area contributed by atoms with Gasteiger partial charge in [0.05, 0.1) is 6.26 Å². The molecule has 0 aromatic heterocycles. The zero-order chi connectivity index (χ0) is 12.1. The van der Waals surface area contributed by atoms with Crippen molar-refractivity contribution in [3.05, 3.63) is 12.3 Å². The molecule has 0 saturated carbocycles. The number of allylic oxidation sites excluding steroid dienone is 1. The minimum absolute atomic E-state index is 0.0933. The summed E-state index contributed by atoms with van der Waals surface area (Å²) in [4.78, 5) is 11.2. The zero-order valence-corrected chi connectivity index (χ0v) is 10.8. The molecule has 0 aliphatic heterocycles. The Kier molecular flexibility index (Phi) is 11.7. The Morgan fingerprint density at radius 3 is 2.38 bits per heavy atom. The van der Waals surface area contributed by atoms with E-state index in [1.54, 1.807) is 6.26 Å². The molecule has 0 atom stereocenters. The molecule has 0 amide bonds. The largest absolute Gasteiger partial charge is 0.435 e. The Morgan fingerprint density at radius 1 is 1.00 bits per heavy atom. The normalized spacial score (nSPS) is 10.9. The number of ether oxygens (including phenoxy) is 1. The minimum Gasteiger partial charge on any atom is -0.435 e. The van der Waals surface area contributed by atoms with Crippen molar-refractivity contribution in [2.75, 3.05) is 0 Å². The first-order chi connectivity index (χ1) is 7.81. The highest BCUT2D eigenvalue weighted by molar-refractivity contribution is 5.69.